The van der Waals surface area contributed by atoms with Crippen molar-refractivity contribution in [3.8, 4) is 22.9 Å². The molecule has 31 heavy (non-hydrogen) atoms. The first kappa shape index (κ1) is 19.2. The number of nitrogens with zero attached hydrogens (tertiary/aromatic N) is 1. The van der Waals surface area contributed by atoms with Crippen molar-refractivity contribution in [3.63, 3.8) is 0 Å². The molecule has 0 amide bonds. The van der Waals surface area contributed by atoms with Crippen molar-refractivity contribution in [1.82, 2.24) is 4.98 Å². The maximum absolute atomic E-state index is 6.22. The molecule has 1 aliphatic heterocycles. The van der Waals surface area contributed by atoms with Crippen LogP contribution in [0.5, 0.6) is 11.8 Å². The summed E-state index contributed by atoms with van der Waals surface area (Å²) in [6, 6.07) is 30.6. The van der Waals surface area contributed by atoms with Crippen LogP contribution in [-0.4, -0.2) is 11.5 Å². The summed E-state index contributed by atoms with van der Waals surface area (Å²) >= 11 is 0. The molecule has 5 rings (SSSR count). The molecule has 0 saturated heterocycles. The fraction of sp³-hybridized carbons (Fsp3) is 0.148. The smallest absolute Gasteiger partial charge is 0.225 e. The highest BCUT2D eigenvalue weighted by molar-refractivity contribution is 5.78. The molecule has 4 aromatic rings. The number of fused-ring (bicyclic) bond motifs is 1. The third kappa shape index (κ3) is 4.38. The van der Waals surface area contributed by atoms with Crippen LogP contribution >= 0.6 is 0 Å². The molecule has 154 valence electrons. The molecule has 1 aliphatic rings. The third-order valence-corrected chi connectivity index (χ3v) is 5.44. The largest absolute Gasteiger partial charge is 0.473 e. The Morgan fingerprint density at radius 1 is 0.677 bits per heavy atom. The number of pyridine rings is 1. The van der Waals surface area contributed by atoms with E-state index in [0.717, 1.165) is 35.2 Å². The number of ether oxygens (including phenoxy) is 2. The van der Waals surface area contributed by atoms with E-state index in [4.69, 9.17) is 14.5 Å². The molecule has 0 aliphatic carbocycles. The molecular formula is C27H24N2O2. The SMILES string of the molecule is c1ccc(COc2ccc(-c3cccc4c3CCN4)c(OCc3ccccc3)n2)cc1. The van der Waals surface area contributed by atoms with E-state index in [1.807, 2.05) is 54.6 Å². The number of nitrogens with one attached hydrogen (secondary N) is 1. The van der Waals surface area contributed by atoms with Gasteiger partial charge in [0.1, 0.15) is 13.2 Å². The standard InChI is InChI=1S/C27H24N2O2/c1-3-8-20(9-4-1)18-30-26-15-14-24(22-12-7-13-25-23(22)16-17-28-25)27(29-26)31-19-21-10-5-2-6-11-21/h1-15,28H,16-19H2. The lowest BCUT2D eigenvalue weighted by Gasteiger charge is -2.15. The average Bonchev–Trinajstić information content (AvgIpc) is 3.32. The van der Waals surface area contributed by atoms with Crippen molar-refractivity contribution in [2.75, 3.05) is 11.9 Å². The van der Waals surface area contributed by atoms with E-state index in [0.29, 0.717) is 25.0 Å². The maximum Gasteiger partial charge on any atom is 0.225 e. The molecule has 3 aromatic carbocycles. The van der Waals surface area contributed by atoms with Gasteiger partial charge in [0.25, 0.3) is 0 Å². The van der Waals surface area contributed by atoms with E-state index in [-0.39, 0.29) is 0 Å². The second kappa shape index (κ2) is 8.92. The highest BCUT2D eigenvalue weighted by Crippen LogP contribution is 2.38. The van der Waals surface area contributed by atoms with Crippen LogP contribution in [-0.2, 0) is 19.6 Å². The summed E-state index contributed by atoms with van der Waals surface area (Å²) in [4.78, 5) is 4.74. The quantitative estimate of drug-likeness (QED) is 0.415. The zero-order chi connectivity index (χ0) is 20.9. The number of rotatable bonds is 7. The van der Waals surface area contributed by atoms with Gasteiger partial charge in [-0.2, -0.15) is 4.98 Å². The van der Waals surface area contributed by atoms with Crippen molar-refractivity contribution < 1.29 is 9.47 Å². The lowest BCUT2D eigenvalue weighted by Crippen LogP contribution is -2.03. The molecule has 0 unspecified atom stereocenters. The summed E-state index contributed by atoms with van der Waals surface area (Å²) in [6.07, 6.45) is 0.996. The van der Waals surface area contributed by atoms with Gasteiger partial charge in [-0.05, 0) is 40.8 Å². The first-order valence-corrected chi connectivity index (χ1v) is 10.6. The number of benzene rings is 3. The lowest BCUT2D eigenvalue weighted by molar-refractivity contribution is 0.268. The monoisotopic (exact) mass is 408 g/mol. The summed E-state index contributed by atoms with van der Waals surface area (Å²) in [5.74, 6) is 1.15. The Balaban J connectivity index is 1.45. The van der Waals surface area contributed by atoms with Crippen LogP contribution < -0.4 is 14.8 Å². The zero-order valence-electron chi connectivity index (χ0n) is 17.3. The summed E-state index contributed by atoms with van der Waals surface area (Å²) in [7, 11) is 0. The fourth-order valence-corrected chi connectivity index (χ4v) is 3.87. The molecule has 1 aromatic heterocycles. The summed E-state index contributed by atoms with van der Waals surface area (Å²) in [5.41, 5.74) is 6.86. The Hall–Kier alpha value is -3.79. The van der Waals surface area contributed by atoms with Gasteiger partial charge in [-0.25, -0.2) is 0 Å². The fourth-order valence-electron chi connectivity index (χ4n) is 3.87. The van der Waals surface area contributed by atoms with Gasteiger partial charge < -0.3 is 14.8 Å². The van der Waals surface area contributed by atoms with E-state index in [9.17, 15) is 0 Å². The van der Waals surface area contributed by atoms with Crippen LogP contribution in [0.3, 0.4) is 0 Å². The minimum atomic E-state index is 0.455. The Bertz CT molecular complexity index is 1160. The molecule has 0 saturated carbocycles. The third-order valence-electron chi connectivity index (χ3n) is 5.44. The average molecular weight is 409 g/mol. The molecule has 0 atom stereocenters. The van der Waals surface area contributed by atoms with E-state index >= 15 is 0 Å². The van der Waals surface area contributed by atoms with Gasteiger partial charge in [0.15, 0.2) is 0 Å². The highest BCUT2D eigenvalue weighted by atomic mass is 16.5. The van der Waals surface area contributed by atoms with E-state index < -0.39 is 0 Å². The van der Waals surface area contributed by atoms with Crippen LogP contribution in [0.4, 0.5) is 5.69 Å². The number of hydrogen-bond acceptors (Lipinski definition) is 4. The van der Waals surface area contributed by atoms with E-state index in [1.54, 1.807) is 0 Å². The second-order valence-corrected chi connectivity index (χ2v) is 7.56. The predicted molar refractivity (Wildman–Crippen MR) is 123 cm³/mol. The van der Waals surface area contributed by atoms with Crippen LogP contribution in [0, 0.1) is 0 Å². The Kier molecular flexibility index (Phi) is 5.52. The Labute approximate surface area is 182 Å². The van der Waals surface area contributed by atoms with Crippen molar-refractivity contribution in [1.29, 1.82) is 0 Å². The highest BCUT2D eigenvalue weighted by Gasteiger charge is 2.19. The molecule has 0 bridgehead atoms. The van der Waals surface area contributed by atoms with Gasteiger partial charge in [-0.3, -0.25) is 0 Å². The first-order valence-electron chi connectivity index (χ1n) is 10.6. The summed E-state index contributed by atoms with van der Waals surface area (Å²) < 4.78 is 12.2. The van der Waals surface area contributed by atoms with Gasteiger partial charge in [-0.1, -0.05) is 72.8 Å². The number of hydrogen-bond donors (Lipinski definition) is 1. The second-order valence-electron chi connectivity index (χ2n) is 7.56. The van der Waals surface area contributed by atoms with Crippen LogP contribution in [0.25, 0.3) is 11.1 Å². The molecule has 1 N–H and O–H groups in total. The van der Waals surface area contributed by atoms with Crippen molar-refractivity contribution in [3.05, 3.63) is 108 Å². The predicted octanol–water partition coefficient (Wildman–Crippen LogP) is 5.87. The number of aromatic nitrogens is 1. The topological polar surface area (TPSA) is 43.4 Å². The van der Waals surface area contributed by atoms with Crippen LogP contribution in [0.2, 0.25) is 0 Å². The van der Waals surface area contributed by atoms with Gasteiger partial charge in [0.05, 0.1) is 0 Å². The van der Waals surface area contributed by atoms with E-state index in [2.05, 4.69) is 41.7 Å². The molecule has 4 nitrogen and oxygen atoms in total. The minimum Gasteiger partial charge on any atom is -0.473 e. The Morgan fingerprint density at radius 3 is 2.13 bits per heavy atom. The van der Waals surface area contributed by atoms with Gasteiger partial charge >= 0.3 is 0 Å². The normalized spacial score (nSPS) is 12.1. The Morgan fingerprint density at radius 2 is 1.39 bits per heavy atom. The van der Waals surface area contributed by atoms with E-state index in [1.165, 1.54) is 11.3 Å². The van der Waals surface area contributed by atoms with Gasteiger partial charge in [-0.15, -0.1) is 0 Å². The zero-order valence-corrected chi connectivity index (χ0v) is 17.3. The first-order chi connectivity index (χ1) is 15.4. The molecule has 0 spiro atoms. The van der Waals surface area contributed by atoms with Crippen molar-refractivity contribution in [2.45, 2.75) is 19.6 Å². The molecule has 2 heterocycles. The summed E-state index contributed by atoms with van der Waals surface area (Å²) in [5, 5.41) is 3.45. The maximum atomic E-state index is 6.22. The lowest BCUT2D eigenvalue weighted by atomic mass is 9.98. The number of anilines is 1. The summed E-state index contributed by atoms with van der Waals surface area (Å²) in [6.45, 7) is 1.88. The van der Waals surface area contributed by atoms with Crippen LogP contribution in [0.1, 0.15) is 16.7 Å². The van der Waals surface area contributed by atoms with Crippen molar-refractivity contribution in [2.24, 2.45) is 0 Å². The van der Waals surface area contributed by atoms with Crippen molar-refractivity contribution >= 4 is 5.69 Å². The molecule has 0 fully saturated rings. The minimum absolute atomic E-state index is 0.455. The van der Waals surface area contributed by atoms with Gasteiger partial charge in [0.2, 0.25) is 11.8 Å². The van der Waals surface area contributed by atoms with Gasteiger partial charge in [0, 0.05) is 23.9 Å². The molecular weight excluding hydrogens is 384 g/mol. The van der Waals surface area contributed by atoms with Crippen LogP contribution in [0.15, 0.2) is 91.0 Å². The molecule has 0 radical (unpaired) electrons. The molecule has 4 heteroatoms.